The number of unbranched alkanes of at least 4 members (excludes halogenated alkanes) is 22. The van der Waals surface area contributed by atoms with Crippen molar-refractivity contribution in [2.24, 2.45) is 5.92 Å². The van der Waals surface area contributed by atoms with Crippen molar-refractivity contribution in [1.82, 2.24) is 5.32 Å². The molecule has 0 aromatic heterocycles. The third-order valence-corrected chi connectivity index (χ3v) is 9.40. The Labute approximate surface area is 300 Å². The fraction of sp³-hybridized carbons (Fsp3) is 0.976. The summed E-state index contributed by atoms with van der Waals surface area (Å²) in [5.74, 6) is 0.617. The average Bonchev–Trinajstić information content (AvgIpc) is 3.05. The van der Waals surface area contributed by atoms with Gasteiger partial charge in [-0.15, -0.1) is 0 Å². The number of hydrogen-bond donors (Lipinski definition) is 1. The Kier molecular flexibility index (Phi) is 35.3. The highest BCUT2D eigenvalue weighted by atomic mass is 16.6. The van der Waals surface area contributed by atoms with Gasteiger partial charge in [0.05, 0.1) is 24.9 Å². The molecule has 0 aliphatic rings. The van der Waals surface area contributed by atoms with E-state index in [4.69, 9.17) is 18.9 Å². The van der Waals surface area contributed by atoms with Crippen LogP contribution in [0, 0.1) is 5.92 Å². The van der Waals surface area contributed by atoms with Crippen molar-refractivity contribution in [3.05, 3.63) is 0 Å². The van der Waals surface area contributed by atoms with Crippen LogP contribution in [0.25, 0.3) is 0 Å². The largest absolute Gasteiger partial charge is 0.449 e. The summed E-state index contributed by atoms with van der Waals surface area (Å²) in [4.78, 5) is 12.5. The molecule has 1 amide bonds. The van der Waals surface area contributed by atoms with Gasteiger partial charge in [0.15, 0.2) is 0 Å². The highest BCUT2D eigenvalue weighted by Gasteiger charge is 2.20. The number of amides is 1. The molecular formula is C42H85NO5. The minimum Gasteiger partial charge on any atom is -0.449 e. The third-order valence-electron chi connectivity index (χ3n) is 9.40. The maximum atomic E-state index is 12.5. The zero-order chi connectivity index (χ0) is 35.4. The van der Waals surface area contributed by atoms with Crippen molar-refractivity contribution < 1.29 is 23.7 Å². The standard InChI is InChI=1S/C42H85NO5/c1-7-9-11-13-15-17-19-21-23-25-27-29-33-45-38-40(46-34-30-28-26-24-22-20-18-16-14-12-10-8-2)37-43-41(44)47-36-32-42(5,6)48-35-31-39(3)4/h39-40H,7-38H2,1-6H3,(H,43,44). The van der Waals surface area contributed by atoms with Gasteiger partial charge in [0.1, 0.15) is 0 Å². The van der Waals surface area contributed by atoms with Crippen LogP contribution >= 0.6 is 0 Å². The van der Waals surface area contributed by atoms with Gasteiger partial charge in [-0.25, -0.2) is 4.79 Å². The molecule has 6 heteroatoms. The van der Waals surface area contributed by atoms with Crippen molar-refractivity contribution in [3.63, 3.8) is 0 Å². The van der Waals surface area contributed by atoms with Crippen LogP contribution in [0.1, 0.15) is 208 Å². The third kappa shape index (κ3) is 36.4. The lowest BCUT2D eigenvalue weighted by atomic mass is 10.1. The highest BCUT2D eigenvalue weighted by Crippen LogP contribution is 2.17. The van der Waals surface area contributed by atoms with Crippen LogP contribution < -0.4 is 5.32 Å². The molecule has 288 valence electrons. The number of carbonyl (C=O) groups is 1. The van der Waals surface area contributed by atoms with Crippen LogP contribution in [0.15, 0.2) is 0 Å². The van der Waals surface area contributed by atoms with Gasteiger partial charge in [-0.3, -0.25) is 0 Å². The minimum atomic E-state index is -0.395. The summed E-state index contributed by atoms with van der Waals surface area (Å²) in [5, 5.41) is 2.92. The molecule has 0 aliphatic heterocycles. The molecule has 0 aliphatic carbocycles. The first-order chi connectivity index (χ1) is 23.3. The SMILES string of the molecule is CCCCCCCCCCCCCCOCC(CNC(=O)OCCC(C)(C)OCCC(C)C)OCCCCCCCCCCCCCC. The fourth-order valence-corrected chi connectivity index (χ4v) is 5.90. The number of hydrogen-bond acceptors (Lipinski definition) is 5. The fourth-order valence-electron chi connectivity index (χ4n) is 5.90. The molecule has 1 N–H and O–H groups in total. The van der Waals surface area contributed by atoms with Gasteiger partial charge in [-0.1, -0.05) is 169 Å². The van der Waals surface area contributed by atoms with E-state index in [1.165, 1.54) is 141 Å². The predicted octanol–water partition coefficient (Wildman–Crippen LogP) is 12.7. The molecule has 48 heavy (non-hydrogen) atoms. The lowest BCUT2D eigenvalue weighted by Crippen LogP contribution is -2.37. The Morgan fingerprint density at radius 2 is 1.02 bits per heavy atom. The summed E-state index contributed by atoms with van der Waals surface area (Å²) < 4.78 is 23.7. The van der Waals surface area contributed by atoms with Gasteiger partial charge in [-0.05, 0) is 39.0 Å². The lowest BCUT2D eigenvalue weighted by Gasteiger charge is -2.25. The second kappa shape index (κ2) is 36.0. The van der Waals surface area contributed by atoms with Crippen molar-refractivity contribution in [3.8, 4) is 0 Å². The quantitative estimate of drug-likeness (QED) is 0.0656. The summed E-state index contributed by atoms with van der Waals surface area (Å²) in [6.45, 7) is 16.5. The minimum absolute atomic E-state index is 0.154. The van der Waals surface area contributed by atoms with Gasteiger partial charge in [0.2, 0.25) is 0 Å². The van der Waals surface area contributed by atoms with E-state index in [9.17, 15) is 4.79 Å². The molecule has 0 rings (SSSR count). The number of carbonyl (C=O) groups excluding carboxylic acids is 1. The molecule has 1 unspecified atom stereocenters. The Morgan fingerprint density at radius 1 is 0.583 bits per heavy atom. The molecule has 0 saturated heterocycles. The molecule has 0 aromatic carbocycles. The second-order valence-electron chi connectivity index (χ2n) is 15.4. The molecule has 1 atom stereocenters. The smallest absolute Gasteiger partial charge is 0.407 e. The number of ether oxygens (including phenoxy) is 4. The molecule has 0 bridgehead atoms. The normalized spacial score (nSPS) is 12.6. The van der Waals surface area contributed by atoms with E-state index in [1.54, 1.807) is 0 Å². The second-order valence-corrected chi connectivity index (χ2v) is 15.4. The van der Waals surface area contributed by atoms with E-state index < -0.39 is 6.09 Å². The predicted molar refractivity (Wildman–Crippen MR) is 206 cm³/mol. The highest BCUT2D eigenvalue weighted by molar-refractivity contribution is 5.67. The van der Waals surface area contributed by atoms with Crippen LogP contribution in [0.2, 0.25) is 0 Å². The van der Waals surface area contributed by atoms with E-state index in [0.29, 0.717) is 38.7 Å². The van der Waals surface area contributed by atoms with Gasteiger partial charge in [0.25, 0.3) is 0 Å². The summed E-state index contributed by atoms with van der Waals surface area (Å²) in [6, 6.07) is 0. The molecule has 6 nitrogen and oxygen atoms in total. The van der Waals surface area contributed by atoms with E-state index in [2.05, 4.69) is 46.9 Å². The van der Waals surface area contributed by atoms with Gasteiger partial charge in [0, 0.05) is 32.8 Å². The molecule has 0 heterocycles. The lowest BCUT2D eigenvalue weighted by molar-refractivity contribution is -0.0385. The molecule has 0 aromatic rings. The average molecular weight is 684 g/mol. The van der Waals surface area contributed by atoms with Crippen LogP contribution in [0.4, 0.5) is 4.79 Å². The van der Waals surface area contributed by atoms with E-state index in [-0.39, 0.29) is 11.7 Å². The molecule has 0 fully saturated rings. The summed E-state index contributed by atoms with van der Waals surface area (Å²) in [6.07, 6.45) is 33.2. The molecule has 0 radical (unpaired) electrons. The van der Waals surface area contributed by atoms with Gasteiger partial charge < -0.3 is 24.3 Å². The Hall–Kier alpha value is -0.850. The van der Waals surface area contributed by atoms with Crippen LogP contribution in [-0.4, -0.2) is 57.4 Å². The number of alkyl carbamates (subject to hydrolysis) is 1. The van der Waals surface area contributed by atoms with Crippen LogP contribution in [-0.2, 0) is 18.9 Å². The van der Waals surface area contributed by atoms with Crippen molar-refractivity contribution in [1.29, 1.82) is 0 Å². The summed E-state index contributed by atoms with van der Waals surface area (Å²) >= 11 is 0. The first-order valence-corrected chi connectivity index (χ1v) is 21.0. The maximum Gasteiger partial charge on any atom is 0.407 e. The van der Waals surface area contributed by atoms with E-state index >= 15 is 0 Å². The maximum absolute atomic E-state index is 12.5. The Balaban J connectivity index is 4.21. The zero-order valence-electron chi connectivity index (χ0n) is 33.3. The van der Waals surface area contributed by atoms with Crippen LogP contribution in [0.5, 0.6) is 0 Å². The van der Waals surface area contributed by atoms with E-state index in [1.807, 2.05) is 0 Å². The van der Waals surface area contributed by atoms with E-state index in [0.717, 1.165) is 32.5 Å². The number of rotatable bonds is 38. The Morgan fingerprint density at radius 3 is 1.48 bits per heavy atom. The summed E-state index contributed by atoms with van der Waals surface area (Å²) in [5.41, 5.74) is -0.309. The monoisotopic (exact) mass is 684 g/mol. The first-order valence-electron chi connectivity index (χ1n) is 21.0. The van der Waals surface area contributed by atoms with Crippen molar-refractivity contribution >= 4 is 6.09 Å². The van der Waals surface area contributed by atoms with Crippen molar-refractivity contribution in [2.45, 2.75) is 220 Å². The molecular weight excluding hydrogens is 598 g/mol. The van der Waals surface area contributed by atoms with Crippen LogP contribution in [0.3, 0.4) is 0 Å². The first kappa shape index (κ1) is 47.1. The zero-order valence-corrected chi connectivity index (χ0v) is 33.3. The van der Waals surface area contributed by atoms with Crippen molar-refractivity contribution in [2.75, 3.05) is 39.6 Å². The topological polar surface area (TPSA) is 66.0 Å². The van der Waals surface area contributed by atoms with Gasteiger partial charge in [-0.2, -0.15) is 0 Å². The van der Waals surface area contributed by atoms with Gasteiger partial charge >= 0.3 is 6.09 Å². The summed E-state index contributed by atoms with van der Waals surface area (Å²) in [7, 11) is 0. The Bertz CT molecular complexity index is 656. The molecule has 0 saturated carbocycles. The molecule has 0 spiro atoms. The number of nitrogens with one attached hydrogen (secondary N) is 1.